The Hall–Kier alpha value is -3.49. The summed E-state index contributed by atoms with van der Waals surface area (Å²) in [7, 11) is -4.39. The molecule has 3 aromatic rings. The first-order valence-corrected chi connectivity index (χ1v) is 17.3. The molecule has 2 aromatic heterocycles. The molecule has 3 aliphatic carbocycles. The van der Waals surface area contributed by atoms with Gasteiger partial charge in [0.1, 0.15) is 17.8 Å². The molecule has 2 saturated carbocycles. The SMILES string of the molecule is N#CC1(NS(=O)(=O)c2cc(C3=CCCCC(NC(=O)C4CCCC4)C3)c3c(c2)c(-c2nnc(C(F)F)s2)nn3CC(F)(F)F)CC1. The molecule has 0 aliphatic heterocycles. The first-order valence-electron chi connectivity index (χ1n) is 15.0. The normalized spacial score (nSPS) is 20.5. The van der Waals surface area contributed by atoms with Crippen molar-refractivity contribution in [3.8, 4) is 16.8 Å². The quantitative estimate of drug-likeness (QED) is 0.263. The predicted octanol–water partition coefficient (Wildman–Crippen LogP) is 6.02. The number of aromatic nitrogens is 4. The van der Waals surface area contributed by atoms with Crippen LogP contribution in [0.2, 0.25) is 0 Å². The molecule has 1 aromatic carbocycles. The summed E-state index contributed by atoms with van der Waals surface area (Å²) in [5, 5.41) is 23.0. The number of carbonyl (C=O) groups is 1. The van der Waals surface area contributed by atoms with Gasteiger partial charge in [-0.3, -0.25) is 9.48 Å². The van der Waals surface area contributed by atoms with Crippen molar-refractivity contribution in [3.63, 3.8) is 0 Å². The van der Waals surface area contributed by atoms with E-state index in [-0.39, 0.29) is 56.4 Å². The minimum Gasteiger partial charge on any atom is -0.353 e. The van der Waals surface area contributed by atoms with Gasteiger partial charge in [-0.2, -0.15) is 28.3 Å². The molecule has 0 radical (unpaired) electrons. The number of rotatable bonds is 9. The summed E-state index contributed by atoms with van der Waals surface area (Å²) in [4.78, 5) is 12.7. The Morgan fingerprint density at radius 3 is 2.52 bits per heavy atom. The average molecular weight is 684 g/mol. The number of amides is 1. The molecule has 10 nitrogen and oxygen atoms in total. The summed E-state index contributed by atoms with van der Waals surface area (Å²) in [5.74, 6) is -0.172. The van der Waals surface area contributed by atoms with Gasteiger partial charge >= 0.3 is 6.18 Å². The van der Waals surface area contributed by atoms with Crippen LogP contribution in [0.1, 0.15) is 81.2 Å². The average Bonchev–Trinajstić information content (AvgIpc) is 3.32. The van der Waals surface area contributed by atoms with Crippen molar-refractivity contribution < 1.29 is 35.2 Å². The molecular formula is C29H30F5N7O3S2. The van der Waals surface area contributed by atoms with Crippen LogP contribution in [0.15, 0.2) is 23.1 Å². The third-order valence-corrected chi connectivity index (χ3v) is 11.1. The molecule has 46 heavy (non-hydrogen) atoms. The van der Waals surface area contributed by atoms with Gasteiger partial charge in [0.2, 0.25) is 15.9 Å². The highest BCUT2D eigenvalue weighted by molar-refractivity contribution is 7.89. The summed E-state index contributed by atoms with van der Waals surface area (Å²) in [6, 6.07) is 4.00. The highest BCUT2D eigenvalue weighted by Crippen LogP contribution is 2.42. The smallest absolute Gasteiger partial charge is 0.353 e. The number of nitrogens with one attached hydrogen (secondary N) is 2. The maximum absolute atomic E-state index is 13.9. The van der Waals surface area contributed by atoms with Gasteiger partial charge in [-0.15, -0.1) is 10.2 Å². The predicted molar refractivity (Wildman–Crippen MR) is 158 cm³/mol. The molecule has 2 heterocycles. The van der Waals surface area contributed by atoms with E-state index in [4.69, 9.17) is 0 Å². The van der Waals surface area contributed by atoms with Crippen LogP contribution in [0.3, 0.4) is 0 Å². The standard InChI is InChI=1S/C29H30F5N7O3S2/c30-24(31)27-38-37-26(45-27)22-21-13-19(46(43,44)40-28(14-35)9-10-28)12-20(23(21)41(39-22)15-29(32,33)34)17-7-3-4-8-18(11-17)36-25(42)16-5-1-2-6-16/h7,12-13,16,18,24,40H,1-6,8-11,15H2,(H,36,42). The number of hydrogen-bond donors (Lipinski definition) is 2. The summed E-state index contributed by atoms with van der Waals surface area (Å²) in [6.07, 6.45) is 0.219. The zero-order valence-electron chi connectivity index (χ0n) is 24.4. The number of halogens is 5. The molecule has 2 fully saturated rings. The number of allylic oxidation sites excluding steroid dienone is 1. The van der Waals surface area contributed by atoms with Gasteiger partial charge < -0.3 is 5.32 Å². The second-order valence-electron chi connectivity index (χ2n) is 12.1. The van der Waals surface area contributed by atoms with Crippen LogP contribution in [-0.2, 0) is 21.4 Å². The van der Waals surface area contributed by atoms with Gasteiger partial charge in [0.05, 0.1) is 16.5 Å². The maximum Gasteiger partial charge on any atom is 0.408 e. The van der Waals surface area contributed by atoms with E-state index in [1.54, 1.807) is 0 Å². The maximum atomic E-state index is 13.9. The van der Waals surface area contributed by atoms with Crippen molar-refractivity contribution in [1.82, 2.24) is 30.0 Å². The Kier molecular flexibility index (Phi) is 8.66. The number of alkyl halides is 5. The minimum atomic E-state index is -4.74. The number of benzene rings is 1. The fourth-order valence-corrected chi connectivity index (χ4v) is 8.30. The highest BCUT2D eigenvalue weighted by atomic mass is 32.2. The molecule has 0 spiro atoms. The van der Waals surface area contributed by atoms with E-state index < -0.39 is 39.7 Å². The van der Waals surface area contributed by atoms with Gasteiger partial charge in [-0.1, -0.05) is 30.3 Å². The number of sulfonamides is 1. The number of hydrogen-bond acceptors (Lipinski definition) is 8. The Balaban J connectivity index is 1.51. The number of carbonyl (C=O) groups excluding carboxylic acids is 1. The van der Waals surface area contributed by atoms with E-state index in [0.29, 0.717) is 53.7 Å². The van der Waals surface area contributed by atoms with Crippen LogP contribution in [-0.4, -0.2) is 52.1 Å². The lowest BCUT2D eigenvalue weighted by Gasteiger charge is -2.22. The van der Waals surface area contributed by atoms with Crippen molar-refractivity contribution in [2.75, 3.05) is 0 Å². The van der Waals surface area contributed by atoms with Gasteiger partial charge in [-0.25, -0.2) is 17.2 Å². The van der Waals surface area contributed by atoms with Crippen LogP contribution in [0, 0.1) is 17.2 Å². The van der Waals surface area contributed by atoms with Gasteiger partial charge in [0.25, 0.3) is 6.43 Å². The van der Waals surface area contributed by atoms with Crippen LogP contribution < -0.4 is 10.0 Å². The summed E-state index contributed by atoms with van der Waals surface area (Å²) in [6.45, 7) is -1.55. The van der Waals surface area contributed by atoms with E-state index in [2.05, 4.69) is 25.3 Å². The minimum absolute atomic E-state index is 0.0578. The first-order chi connectivity index (χ1) is 21.8. The Morgan fingerprint density at radius 1 is 1.15 bits per heavy atom. The van der Waals surface area contributed by atoms with Crippen LogP contribution >= 0.6 is 11.3 Å². The molecule has 0 saturated heterocycles. The molecule has 0 bridgehead atoms. The van der Waals surface area contributed by atoms with E-state index in [9.17, 15) is 40.4 Å². The Morgan fingerprint density at radius 2 is 1.89 bits per heavy atom. The molecule has 3 aliphatic rings. The molecule has 17 heteroatoms. The summed E-state index contributed by atoms with van der Waals surface area (Å²) in [5.41, 5.74) is -0.930. The molecule has 1 unspecified atom stereocenters. The number of fused-ring (bicyclic) bond motifs is 1. The topological polar surface area (TPSA) is 143 Å². The number of nitrogens with zero attached hydrogens (tertiary/aromatic N) is 5. The first kappa shape index (κ1) is 32.5. The Labute approximate surface area is 265 Å². The third-order valence-electron chi connectivity index (χ3n) is 8.61. The molecule has 246 valence electrons. The van der Waals surface area contributed by atoms with Crippen molar-refractivity contribution in [2.45, 2.75) is 99.8 Å². The molecule has 2 N–H and O–H groups in total. The molecule has 1 atom stereocenters. The third kappa shape index (κ3) is 6.79. The summed E-state index contributed by atoms with van der Waals surface area (Å²) < 4.78 is 98.9. The molecule has 1 amide bonds. The fourth-order valence-electron chi connectivity index (χ4n) is 6.17. The van der Waals surface area contributed by atoms with Crippen LogP contribution in [0.5, 0.6) is 0 Å². The van der Waals surface area contributed by atoms with Crippen molar-refractivity contribution in [2.24, 2.45) is 5.92 Å². The van der Waals surface area contributed by atoms with Gasteiger partial charge in [-0.05, 0) is 69.1 Å². The number of nitriles is 1. The lowest BCUT2D eigenvalue weighted by molar-refractivity contribution is -0.141. The highest BCUT2D eigenvalue weighted by Gasteiger charge is 2.47. The van der Waals surface area contributed by atoms with Crippen LogP contribution in [0.25, 0.3) is 27.2 Å². The monoisotopic (exact) mass is 683 g/mol. The van der Waals surface area contributed by atoms with Gasteiger partial charge in [0.15, 0.2) is 10.0 Å². The van der Waals surface area contributed by atoms with E-state index in [0.717, 1.165) is 31.7 Å². The Bertz CT molecular complexity index is 1840. The second-order valence-corrected chi connectivity index (χ2v) is 14.8. The summed E-state index contributed by atoms with van der Waals surface area (Å²) >= 11 is 0.442. The van der Waals surface area contributed by atoms with E-state index in [1.165, 1.54) is 6.07 Å². The molecular weight excluding hydrogens is 653 g/mol. The second kappa shape index (κ2) is 12.3. The van der Waals surface area contributed by atoms with E-state index >= 15 is 0 Å². The lowest BCUT2D eigenvalue weighted by atomic mass is 9.95. The lowest BCUT2D eigenvalue weighted by Crippen LogP contribution is -2.38. The zero-order valence-corrected chi connectivity index (χ0v) is 26.0. The van der Waals surface area contributed by atoms with E-state index in [1.807, 2.05) is 12.1 Å². The van der Waals surface area contributed by atoms with Crippen molar-refractivity contribution in [3.05, 3.63) is 28.8 Å². The largest absolute Gasteiger partial charge is 0.408 e. The van der Waals surface area contributed by atoms with Crippen molar-refractivity contribution in [1.29, 1.82) is 5.26 Å². The zero-order chi connectivity index (χ0) is 32.9. The molecule has 6 rings (SSSR count). The van der Waals surface area contributed by atoms with Crippen LogP contribution in [0.4, 0.5) is 22.0 Å². The fraction of sp³-hybridized carbons (Fsp3) is 0.552. The van der Waals surface area contributed by atoms with Crippen molar-refractivity contribution >= 4 is 43.7 Å². The van der Waals surface area contributed by atoms with Gasteiger partial charge in [0, 0.05) is 22.9 Å².